The van der Waals surface area contributed by atoms with Crippen LogP contribution in [0.4, 0.5) is 0 Å². The van der Waals surface area contributed by atoms with Gasteiger partial charge in [-0.15, -0.1) is 0 Å². The number of rotatable bonds is 4. The van der Waals surface area contributed by atoms with Gasteiger partial charge < -0.3 is 10.6 Å². The summed E-state index contributed by atoms with van der Waals surface area (Å²) in [5.41, 5.74) is 7.05. The molecule has 2 heterocycles. The fourth-order valence-electron chi connectivity index (χ4n) is 2.26. The first-order valence-corrected chi connectivity index (χ1v) is 7.12. The number of thiophene rings is 1. The highest BCUT2D eigenvalue weighted by molar-refractivity contribution is 7.07. The van der Waals surface area contributed by atoms with Gasteiger partial charge >= 0.3 is 0 Å². The number of hydrogen-bond acceptors (Lipinski definition) is 3. The van der Waals surface area contributed by atoms with Gasteiger partial charge in [0.05, 0.1) is 5.84 Å². The first-order valence-electron chi connectivity index (χ1n) is 6.18. The summed E-state index contributed by atoms with van der Waals surface area (Å²) < 4.78 is 0. The molecule has 1 saturated heterocycles. The molecule has 1 aliphatic heterocycles. The zero-order valence-corrected chi connectivity index (χ0v) is 11.2. The lowest BCUT2D eigenvalue weighted by Crippen LogP contribution is -2.45. The van der Waals surface area contributed by atoms with E-state index in [0.717, 1.165) is 38.9 Å². The average molecular weight is 251 g/mol. The second kappa shape index (κ2) is 5.19. The summed E-state index contributed by atoms with van der Waals surface area (Å²) in [5.74, 6) is 0.356. The highest BCUT2D eigenvalue weighted by atomic mass is 32.1. The molecular weight excluding hydrogens is 230 g/mol. The van der Waals surface area contributed by atoms with Crippen molar-refractivity contribution < 1.29 is 0 Å². The minimum atomic E-state index is -0.0567. The predicted molar refractivity (Wildman–Crippen MR) is 73.7 cm³/mol. The molecule has 0 unspecified atom stereocenters. The molecule has 0 saturated carbocycles. The Kier molecular flexibility index (Phi) is 3.84. The number of nitrogens with zero attached hydrogens (tertiary/aromatic N) is 1. The van der Waals surface area contributed by atoms with E-state index in [1.165, 1.54) is 5.56 Å². The van der Waals surface area contributed by atoms with E-state index in [1.54, 1.807) is 11.3 Å². The summed E-state index contributed by atoms with van der Waals surface area (Å²) in [6, 6.07) is 2.20. The number of piperidine rings is 1. The average Bonchev–Trinajstić information content (AvgIpc) is 2.81. The van der Waals surface area contributed by atoms with Crippen LogP contribution in [0.1, 0.15) is 25.3 Å². The van der Waals surface area contributed by atoms with Crippen LogP contribution in [0, 0.1) is 10.8 Å². The van der Waals surface area contributed by atoms with Gasteiger partial charge in [-0.2, -0.15) is 11.3 Å². The van der Waals surface area contributed by atoms with Gasteiger partial charge in [0.25, 0.3) is 0 Å². The van der Waals surface area contributed by atoms with Gasteiger partial charge in [0.15, 0.2) is 0 Å². The minimum Gasteiger partial charge on any atom is -0.387 e. The van der Waals surface area contributed by atoms with E-state index in [1.807, 2.05) is 0 Å². The van der Waals surface area contributed by atoms with Crippen LogP contribution in [-0.4, -0.2) is 30.4 Å². The molecule has 0 aliphatic carbocycles. The van der Waals surface area contributed by atoms with Crippen molar-refractivity contribution in [1.82, 2.24) is 4.90 Å². The van der Waals surface area contributed by atoms with E-state index in [-0.39, 0.29) is 5.41 Å². The Morgan fingerprint density at radius 1 is 1.53 bits per heavy atom. The van der Waals surface area contributed by atoms with Crippen molar-refractivity contribution in [3.8, 4) is 0 Å². The summed E-state index contributed by atoms with van der Waals surface area (Å²) in [4.78, 5) is 2.49. The van der Waals surface area contributed by atoms with Crippen LogP contribution < -0.4 is 5.73 Å². The molecule has 0 radical (unpaired) electrons. The van der Waals surface area contributed by atoms with E-state index >= 15 is 0 Å². The van der Waals surface area contributed by atoms with Crippen molar-refractivity contribution in [1.29, 1.82) is 5.41 Å². The van der Waals surface area contributed by atoms with E-state index in [9.17, 15) is 0 Å². The number of hydrogen-bond donors (Lipinski definition) is 2. The third-order valence-corrected chi connectivity index (χ3v) is 4.64. The van der Waals surface area contributed by atoms with E-state index in [2.05, 4.69) is 28.7 Å². The lowest BCUT2D eigenvalue weighted by atomic mass is 9.79. The molecule has 0 amide bonds. The summed E-state index contributed by atoms with van der Waals surface area (Å²) in [5, 5.41) is 12.0. The molecule has 94 valence electrons. The molecule has 2 rings (SSSR count). The van der Waals surface area contributed by atoms with E-state index in [0.29, 0.717) is 5.84 Å². The fraction of sp³-hybridized carbons (Fsp3) is 0.615. The number of amidine groups is 1. The molecule has 0 aromatic carbocycles. The Labute approximate surface area is 107 Å². The van der Waals surface area contributed by atoms with Crippen LogP contribution >= 0.6 is 11.3 Å². The Hall–Kier alpha value is -0.870. The third-order valence-electron chi connectivity index (χ3n) is 3.91. The maximum atomic E-state index is 7.63. The number of likely N-dealkylation sites (tertiary alicyclic amines) is 1. The lowest BCUT2D eigenvalue weighted by molar-refractivity contribution is 0.164. The number of nitrogens with one attached hydrogen (secondary N) is 1. The van der Waals surface area contributed by atoms with Crippen molar-refractivity contribution in [2.75, 3.05) is 19.6 Å². The smallest absolute Gasteiger partial charge is 0.0966 e. The van der Waals surface area contributed by atoms with Crippen LogP contribution in [0.2, 0.25) is 0 Å². The molecule has 1 fully saturated rings. The quantitative estimate of drug-likeness (QED) is 0.637. The van der Waals surface area contributed by atoms with Crippen molar-refractivity contribution in [3.05, 3.63) is 22.4 Å². The van der Waals surface area contributed by atoms with Gasteiger partial charge in [0.2, 0.25) is 0 Å². The Bertz CT molecular complexity index is 364. The summed E-state index contributed by atoms with van der Waals surface area (Å²) in [7, 11) is 0. The highest BCUT2D eigenvalue weighted by Gasteiger charge is 2.32. The summed E-state index contributed by atoms with van der Waals surface area (Å²) >= 11 is 1.77. The molecule has 4 heteroatoms. The van der Waals surface area contributed by atoms with Crippen molar-refractivity contribution in [2.45, 2.75) is 26.2 Å². The van der Waals surface area contributed by atoms with Gasteiger partial charge in [0, 0.05) is 12.0 Å². The fourth-order valence-corrected chi connectivity index (χ4v) is 2.96. The number of nitrogens with two attached hydrogens (primary N) is 1. The van der Waals surface area contributed by atoms with E-state index < -0.39 is 0 Å². The van der Waals surface area contributed by atoms with Gasteiger partial charge in [-0.3, -0.25) is 5.41 Å². The van der Waals surface area contributed by atoms with Crippen LogP contribution in [-0.2, 0) is 6.42 Å². The normalized spacial score (nSPS) is 20.3. The zero-order chi connectivity index (χ0) is 12.3. The Morgan fingerprint density at radius 2 is 2.24 bits per heavy atom. The second-order valence-corrected chi connectivity index (χ2v) is 5.98. The monoisotopic (exact) mass is 251 g/mol. The van der Waals surface area contributed by atoms with Crippen molar-refractivity contribution in [2.24, 2.45) is 11.1 Å². The minimum absolute atomic E-state index is 0.0567. The molecule has 1 aromatic heterocycles. The molecule has 0 atom stereocenters. The standard InChI is InChI=1S/C13H21N3S/c1-13(12(14)15)4-7-16(8-5-13)6-2-11-3-9-17-10-11/h3,9-10H,2,4-8H2,1H3,(H3,14,15). The first kappa shape index (κ1) is 12.6. The summed E-state index contributed by atoms with van der Waals surface area (Å²) in [6.45, 7) is 5.39. The van der Waals surface area contributed by atoms with Crippen LogP contribution in [0.3, 0.4) is 0 Å². The molecule has 1 aromatic rings. The molecule has 0 bridgehead atoms. The topological polar surface area (TPSA) is 53.1 Å². The van der Waals surface area contributed by atoms with E-state index in [4.69, 9.17) is 11.1 Å². The highest BCUT2D eigenvalue weighted by Crippen LogP contribution is 2.30. The SMILES string of the molecule is CC1(C(=N)N)CCN(CCc2ccsc2)CC1. The third kappa shape index (κ3) is 3.07. The molecule has 3 nitrogen and oxygen atoms in total. The van der Waals surface area contributed by atoms with Crippen LogP contribution in [0.25, 0.3) is 0 Å². The predicted octanol–water partition coefficient (Wildman–Crippen LogP) is 2.33. The largest absolute Gasteiger partial charge is 0.387 e. The van der Waals surface area contributed by atoms with Gasteiger partial charge in [-0.05, 0) is 54.7 Å². The molecule has 17 heavy (non-hydrogen) atoms. The molecule has 1 aliphatic rings. The second-order valence-electron chi connectivity index (χ2n) is 5.20. The summed E-state index contributed by atoms with van der Waals surface area (Å²) in [6.07, 6.45) is 3.18. The van der Waals surface area contributed by atoms with Gasteiger partial charge in [-0.25, -0.2) is 0 Å². The van der Waals surface area contributed by atoms with Crippen LogP contribution in [0.15, 0.2) is 16.8 Å². The molecular formula is C13H21N3S. The molecule has 0 spiro atoms. The Morgan fingerprint density at radius 3 is 2.76 bits per heavy atom. The van der Waals surface area contributed by atoms with Gasteiger partial charge in [-0.1, -0.05) is 6.92 Å². The van der Waals surface area contributed by atoms with Crippen molar-refractivity contribution in [3.63, 3.8) is 0 Å². The van der Waals surface area contributed by atoms with Crippen LogP contribution in [0.5, 0.6) is 0 Å². The maximum Gasteiger partial charge on any atom is 0.0966 e. The maximum absolute atomic E-state index is 7.63. The molecule has 3 N–H and O–H groups in total. The van der Waals surface area contributed by atoms with Gasteiger partial charge in [0.1, 0.15) is 0 Å². The Balaban J connectivity index is 1.78. The first-order chi connectivity index (χ1) is 8.10. The zero-order valence-electron chi connectivity index (χ0n) is 10.4. The lowest BCUT2D eigenvalue weighted by Gasteiger charge is -2.38. The van der Waals surface area contributed by atoms with Crippen molar-refractivity contribution >= 4 is 17.2 Å².